The number of nitrogens with zero attached hydrogens (tertiary/aromatic N) is 3. The third-order valence-corrected chi connectivity index (χ3v) is 3.18. The fourth-order valence-electron chi connectivity index (χ4n) is 1.87. The van der Waals surface area contributed by atoms with Crippen LogP contribution in [-0.2, 0) is 0 Å². The van der Waals surface area contributed by atoms with E-state index in [9.17, 15) is 0 Å². The molecule has 0 N–H and O–H groups in total. The number of halogens is 1. The van der Waals surface area contributed by atoms with E-state index in [-0.39, 0.29) is 0 Å². The van der Waals surface area contributed by atoms with Crippen molar-refractivity contribution in [3.63, 3.8) is 0 Å². The van der Waals surface area contributed by atoms with E-state index in [0.717, 1.165) is 23.9 Å². The highest BCUT2D eigenvalue weighted by atomic mass is 35.5. The Bertz CT molecular complexity index is 590. The third kappa shape index (κ3) is 3.49. The summed E-state index contributed by atoms with van der Waals surface area (Å²) in [7, 11) is 5.68. The van der Waals surface area contributed by atoms with Crippen molar-refractivity contribution in [1.82, 2.24) is 14.9 Å². The van der Waals surface area contributed by atoms with Gasteiger partial charge in [-0.3, -0.25) is 0 Å². The standard InChI is InChI=1S/C14H18ClN3O2/c1-18(2)5-4-6-20-13-8-11-10(7-12(13)19-3)14(15)17-9-16-11/h7-9H,4-6H2,1-3H3. The average molecular weight is 296 g/mol. The van der Waals surface area contributed by atoms with Crippen LogP contribution < -0.4 is 9.47 Å². The maximum Gasteiger partial charge on any atom is 0.163 e. The Balaban J connectivity index is 2.19. The van der Waals surface area contributed by atoms with E-state index in [1.54, 1.807) is 13.2 Å². The van der Waals surface area contributed by atoms with Crippen LogP contribution in [0.15, 0.2) is 18.5 Å². The van der Waals surface area contributed by atoms with E-state index < -0.39 is 0 Å². The first kappa shape index (κ1) is 14.8. The summed E-state index contributed by atoms with van der Waals surface area (Å²) in [5.74, 6) is 1.31. The van der Waals surface area contributed by atoms with E-state index in [1.165, 1.54) is 6.33 Å². The van der Waals surface area contributed by atoms with Crippen LogP contribution in [0.1, 0.15) is 6.42 Å². The van der Waals surface area contributed by atoms with Crippen LogP contribution in [0.2, 0.25) is 5.15 Å². The predicted molar refractivity (Wildman–Crippen MR) is 79.8 cm³/mol. The van der Waals surface area contributed by atoms with Crippen molar-refractivity contribution in [3.05, 3.63) is 23.6 Å². The van der Waals surface area contributed by atoms with Crippen molar-refractivity contribution < 1.29 is 9.47 Å². The fraction of sp³-hybridized carbons (Fsp3) is 0.429. The highest BCUT2D eigenvalue weighted by Gasteiger charge is 2.10. The average Bonchev–Trinajstić information content (AvgIpc) is 2.43. The molecule has 0 amide bonds. The van der Waals surface area contributed by atoms with Gasteiger partial charge in [-0.25, -0.2) is 9.97 Å². The van der Waals surface area contributed by atoms with E-state index in [1.807, 2.05) is 20.2 Å². The van der Waals surface area contributed by atoms with Gasteiger partial charge in [-0.1, -0.05) is 11.6 Å². The van der Waals surface area contributed by atoms with Crippen LogP contribution >= 0.6 is 11.6 Å². The molecule has 1 aromatic carbocycles. The quantitative estimate of drug-likeness (QED) is 0.605. The first-order valence-electron chi connectivity index (χ1n) is 6.37. The summed E-state index contributed by atoms with van der Waals surface area (Å²) < 4.78 is 11.1. The van der Waals surface area contributed by atoms with E-state index in [0.29, 0.717) is 23.3 Å². The Morgan fingerprint density at radius 2 is 2.00 bits per heavy atom. The zero-order valence-electron chi connectivity index (χ0n) is 11.9. The molecule has 0 aliphatic carbocycles. The summed E-state index contributed by atoms with van der Waals surface area (Å²) in [6.45, 7) is 1.60. The number of ether oxygens (including phenoxy) is 2. The number of methoxy groups -OCH3 is 1. The fourth-order valence-corrected chi connectivity index (χ4v) is 2.06. The van der Waals surface area contributed by atoms with Gasteiger partial charge in [-0.05, 0) is 26.6 Å². The molecule has 108 valence electrons. The SMILES string of the molecule is COc1cc2c(Cl)ncnc2cc1OCCCN(C)C. The van der Waals surface area contributed by atoms with Crippen LogP contribution in [-0.4, -0.2) is 49.2 Å². The largest absolute Gasteiger partial charge is 0.493 e. The Hall–Kier alpha value is -1.59. The number of rotatable bonds is 6. The second kappa shape index (κ2) is 6.72. The minimum Gasteiger partial charge on any atom is -0.493 e. The molecule has 0 saturated heterocycles. The van der Waals surface area contributed by atoms with Gasteiger partial charge in [0.1, 0.15) is 11.5 Å². The van der Waals surface area contributed by atoms with Crippen LogP contribution in [0.4, 0.5) is 0 Å². The number of fused-ring (bicyclic) bond motifs is 1. The highest BCUT2D eigenvalue weighted by Crippen LogP contribution is 2.33. The molecule has 0 aliphatic heterocycles. The molecule has 0 saturated carbocycles. The lowest BCUT2D eigenvalue weighted by atomic mass is 10.2. The van der Waals surface area contributed by atoms with E-state index in [2.05, 4.69) is 14.9 Å². The molecule has 0 radical (unpaired) electrons. The van der Waals surface area contributed by atoms with Gasteiger partial charge in [0, 0.05) is 18.0 Å². The molecular weight excluding hydrogens is 278 g/mol. The molecule has 0 bridgehead atoms. The van der Waals surface area contributed by atoms with Crippen LogP contribution in [0.5, 0.6) is 11.5 Å². The number of hydrogen-bond donors (Lipinski definition) is 0. The van der Waals surface area contributed by atoms with E-state index >= 15 is 0 Å². The van der Waals surface area contributed by atoms with Gasteiger partial charge in [0.15, 0.2) is 11.5 Å². The van der Waals surface area contributed by atoms with Gasteiger partial charge in [0.2, 0.25) is 0 Å². The van der Waals surface area contributed by atoms with Crippen molar-refractivity contribution in [2.24, 2.45) is 0 Å². The monoisotopic (exact) mass is 295 g/mol. The van der Waals surface area contributed by atoms with Gasteiger partial charge in [0.05, 0.1) is 19.2 Å². The number of hydrogen-bond acceptors (Lipinski definition) is 5. The zero-order valence-corrected chi connectivity index (χ0v) is 12.6. The lowest BCUT2D eigenvalue weighted by Crippen LogP contribution is -2.15. The summed E-state index contributed by atoms with van der Waals surface area (Å²) in [6.07, 6.45) is 2.38. The minimum absolute atomic E-state index is 0.410. The topological polar surface area (TPSA) is 47.5 Å². The third-order valence-electron chi connectivity index (χ3n) is 2.88. The van der Waals surface area contributed by atoms with Crippen molar-refractivity contribution in [2.75, 3.05) is 34.4 Å². The maximum absolute atomic E-state index is 6.05. The minimum atomic E-state index is 0.410. The number of benzene rings is 1. The zero-order chi connectivity index (χ0) is 14.5. The smallest absolute Gasteiger partial charge is 0.163 e. The van der Waals surface area contributed by atoms with Crippen molar-refractivity contribution in [3.8, 4) is 11.5 Å². The molecule has 0 atom stereocenters. The predicted octanol–water partition coefficient (Wildman–Crippen LogP) is 2.62. The number of aromatic nitrogens is 2. The van der Waals surface area contributed by atoms with Crippen molar-refractivity contribution in [2.45, 2.75) is 6.42 Å². The first-order chi connectivity index (χ1) is 9.61. The molecular formula is C14H18ClN3O2. The normalized spacial score (nSPS) is 11.1. The molecule has 6 heteroatoms. The molecule has 1 heterocycles. The second-order valence-electron chi connectivity index (χ2n) is 4.69. The Morgan fingerprint density at radius 3 is 2.70 bits per heavy atom. The molecule has 0 aliphatic rings. The molecule has 1 aromatic heterocycles. The second-order valence-corrected chi connectivity index (χ2v) is 5.05. The van der Waals surface area contributed by atoms with E-state index in [4.69, 9.17) is 21.1 Å². The molecule has 0 spiro atoms. The van der Waals surface area contributed by atoms with Crippen molar-refractivity contribution >= 4 is 22.5 Å². The van der Waals surface area contributed by atoms with Crippen LogP contribution in [0.3, 0.4) is 0 Å². The molecule has 0 unspecified atom stereocenters. The first-order valence-corrected chi connectivity index (χ1v) is 6.75. The lowest BCUT2D eigenvalue weighted by molar-refractivity contribution is 0.268. The Kier molecular flexibility index (Phi) is 4.98. The Labute approximate surface area is 123 Å². The van der Waals surface area contributed by atoms with Crippen LogP contribution in [0, 0.1) is 0 Å². The van der Waals surface area contributed by atoms with Gasteiger partial charge in [0.25, 0.3) is 0 Å². The molecule has 2 aromatic rings. The molecule has 20 heavy (non-hydrogen) atoms. The van der Waals surface area contributed by atoms with Gasteiger partial charge >= 0.3 is 0 Å². The molecule has 5 nitrogen and oxygen atoms in total. The summed E-state index contributed by atoms with van der Waals surface area (Å²) in [6, 6.07) is 3.64. The van der Waals surface area contributed by atoms with Crippen molar-refractivity contribution in [1.29, 1.82) is 0 Å². The van der Waals surface area contributed by atoms with Gasteiger partial charge in [-0.15, -0.1) is 0 Å². The summed E-state index contributed by atoms with van der Waals surface area (Å²) in [5.41, 5.74) is 0.744. The summed E-state index contributed by atoms with van der Waals surface area (Å²) >= 11 is 6.05. The van der Waals surface area contributed by atoms with Crippen LogP contribution in [0.25, 0.3) is 10.9 Å². The molecule has 2 rings (SSSR count). The molecule has 0 fully saturated rings. The lowest BCUT2D eigenvalue weighted by Gasteiger charge is -2.13. The van der Waals surface area contributed by atoms with Gasteiger partial charge < -0.3 is 14.4 Å². The Morgan fingerprint density at radius 1 is 1.20 bits per heavy atom. The summed E-state index contributed by atoms with van der Waals surface area (Å²) in [5, 5.41) is 1.17. The maximum atomic E-state index is 6.05. The summed E-state index contributed by atoms with van der Waals surface area (Å²) in [4.78, 5) is 10.3. The van der Waals surface area contributed by atoms with Gasteiger partial charge in [-0.2, -0.15) is 0 Å². The highest BCUT2D eigenvalue weighted by molar-refractivity contribution is 6.34.